The van der Waals surface area contributed by atoms with Crippen molar-refractivity contribution in [1.82, 2.24) is 0 Å². The standard InChI is InChI=1S/C17H15Cl2N3O2/c1-2-24-13-8-9(18)7-11(19)14(13)15-10-5-3-4-6-12(10)21-17(23)16(20)22-15/h3-8,16H,2,20H2,1H3,(H,21,23)/t16-/m0/s1. The molecule has 3 rings (SSSR count). The van der Waals surface area contributed by atoms with E-state index >= 15 is 0 Å². The van der Waals surface area contributed by atoms with E-state index in [1.807, 2.05) is 25.1 Å². The molecule has 0 saturated carbocycles. The van der Waals surface area contributed by atoms with Crippen molar-refractivity contribution >= 4 is 40.5 Å². The summed E-state index contributed by atoms with van der Waals surface area (Å²) in [5.74, 6) is 0.102. The lowest BCUT2D eigenvalue weighted by Gasteiger charge is -2.16. The van der Waals surface area contributed by atoms with E-state index in [1.165, 1.54) is 0 Å². The van der Waals surface area contributed by atoms with Crippen LogP contribution >= 0.6 is 23.2 Å². The Balaban J connectivity index is 2.28. The summed E-state index contributed by atoms with van der Waals surface area (Å²) in [6.45, 7) is 2.29. The number of carbonyl (C=O) groups excluding carboxylic acids is 1. The molecule has 7 heteroatoms. The number of amides is 1. The summed E-state index contributed by atoms with van der Waals surface area (Å²) in [5, 5.41) is 3.59. The van der Waals surface area contributed by atoms with Crippen LogP contribution in [-0.4, -0.2) is 24.4 Å². The quantitative estimate of drug-likeness (QED) is 0.876. The van der Waals surface area contributed by atoms with E-state index < -0.39 is 6.17 Å². The lowest BCUT2D eigenvalue weighted by molar-refractivity contribution is -0.117. The Labute approximate surface area is 149 Å². The van der Waals surface area contributed by atoms with Crippen LogP contribution in [0, 0.1) is 0 Å². The number of carbonyl (C=O) groups is 1. The molecule has 1 aliphatic rings. The van der Waals surface area contributed by atoms with Crippen LogP contribution in [-0.2, 0) is 4.79 Å². The molecule has 0 radical (unpaired) electrons. The summed E-state index contributed by atoms with van der Waals surface area (Å²) < 4.78 is 5.67. The molecule has 1 atom stereocenters. The SMILES string of the molecule is CCOc1cc(Cl)cc(Cl)c1C1=N[C@H](N)C(=O)Nc2ccccc21. The third-order valence-electron chi connectivity index (χ3n) is 3.53. The molecule has 2 aromatic rings. The first-order chi connectivity index (χ1) is 11.5. The molecular formula is C17H15Cl2N3O2. The zero-order chi connectivity index (χ0) is 17.3. The minimum atomic E-state index is -1.05. The fourth-order valence-corrected chi connectivity index (χ4v) is 3.09. The number of nitrogens with zero attached hydrogens (tertiary/aromatic N) is 1. The number of fused-ring (bicyclic) bond motifs is 1. The number of hydrogen-bond donors (Lipinski definition) is 2. The summed E-state index contributed by atoms with van der Waals surface area (Å²) in [7, 11) is 0. The Morgan fingerprint density at radius 2 is 2.04 bits per heavy atom. The number of aliphatic imine (C=N–C) groups is 1. The van der Waals surface area contributed by atoms with Crippen molar-refractivity contribution in [3.05, 3.63) is 57.6 Å². The molecular weight excluding hydrogens is 349 g/mol. The fourth-order valence-electron chi connectivity index (χ4n) is 2.52. The van der Waals surface area contributed by atoms with E-state index in [1.54, 1.807) is 18.2 Å². The molecule has 124 valence electrons. The molecule has 1 heterocycles. The zero-order valence-corrected chi connectivity index (χ0v) is 14.4. The molecule has 0 spiro atoms. The van der Waals surface area contributed by atoms with E-state index in [0.29, 0.717) is 44.9 Å². The van der Waals surface area contributed by atoms with Gasteiger partial charge in [-0.05, 0) is 25.1 Å². The second kappa shape index (κ2) is 6.81. The summed E-state index contributed by atoms with van der Waals surface area (Å²) >= 11 is 12.5. The molecule has 0 aromatic heterocycles. The molecule has 0 bridgehead atoms. The van der Waals surface area contributed by atoms with Gasteiger partial charge in [-0.25, -0.2) is 0 Å². The number of para-hydroxylation sites is 1. The molecule has 0 unspecified atom stereocenters. The number of nitrogens with one attached hydrogen (secondary N) is 1. The largest absolute Gasteiger partial charge is 0.493 e. The topological polar surface area (TPSA) is 76.7 Å². The van der Waals surface area contributed by atoms with Gasteiger partial charge in [-0.15, -0.1) is 0 Å². The van der Waals surface area contributed by atoms with Gasteiger partial charge in [-0.3, -0.25) is 9.79 Å². The number of rotatable bonds is 3. The van der Waals surface area contributed by atoms with Gasteiger partial charge in [-0.2, -0.15) is 0 Å². The zero-order valence-electron chi connectivity index (χ0n) is 12.8. The highest BCUT2D eigenvalue weighted by atomic mass is 35.5. The maximum atomic E-state index is 12.1. The van der Waals surface area contributed by atoms with Gasteiger partial charge in [0.2, 0.25) is 0 Å². The first-order valence-electron chi connectivity index (χ1n) is 7.37. The van der Waals surface area contributed by atoms with Crippen molar-refractivity contribution in [2.75, 3.05) is 11.9 Å². The van der Waals surface area contributed by atoms with Crippen LogP contribution in [0.1, 0.15) is 18.1 Å². The second-order valence-corrected chi connectivity index (χ2v) is 5.99. The molecule has 1 aliphatic heterocycles. The van der Waals surface area contributed by atoms with Crippen molar-refractivity contribution in [2.24, 2.45) is 10.7 Å². The van der Waals surface area contributed by atoms with Gasteiger partial charge in [0.1, 0.15) is 5.75 Å². The first kappa shape index (κ1) is 16.8. The van der Waals surface area contributed by atoms with Crippen LogP contribution in [0.3, 0.4) is 0 Å². The van der Waals surface area contributed by atoms with Crippen LogP contribution in [0.5, 0.6) is 5.75 Å². The van der Waals surface area contributed by atoms with E-state index in [9.17, 15) is 4.79 Å². The first-order valence-corrected chi connectivity index (χ1v) is 8.12. The van der Waals surface area contributed by atoms with Crippen molar-refractivity contribution in [1.29, 1.82) is 0 Å². The van der Waals surface area contributed by atoms with Crippen LogP contribution in [0.2, 0.25) is 10.0 Å². The number of hydrogen-bond acceptors (Lipinski definition) is 4. The van der Waals surface area contributed by atoms with Crippen molar-refractivity contribution in [3.63, 3.8) is 0 Å². The molecule has 3 N–H and O–H groups in total. The average molecular weight is 364 g/mol. The van der Waals surface area contributed by atoms with Crippen LogP contribution in [0.15, 0.2) is 41.4 Å². The number of halogens is 2. The molecule has 5 nitrogen and oxygen atoms in total. The monoisotopic (exact) mass is 363 g/mol. The van der Waals surface area contributed by atoms with Gasteiger partial charge < -0.3 is 15.8 Å². The molecule has 0 saturated heterocycles. The van der Waals surface area contributed by atoms with E-state index in [4.69, 9.17) is 33.7 Å². The van der Waals surface area contributed by atoms with Crippen LogP contribution in [0.4, 0.5) is 5.69 Å². The van der Waals surface area contributed by atoms with Crippen molar-refractivity contribution in [3.8, 4) is 5.75 Å². The van der Waals surface area contributed by atoms with E-state index in [2.05, 4.69) is 10.3 Å². The van der Waals surface area contributed by atoms with Gasteiger partial charge in [0.25, 0.3) is 5.91 Å². The predicted octanol–water partition coefficient (Wildman–Crippen LogP) is 3.47. The van der Waals surface area contributed by atoms with E-state index in [0.717, 1.165) is 0 Å². The Kier molecular flexibility index (Phi) is 4.76. The Hall–Kier alpha value is -2.08. The smallest absolute Gasteiger partial charge is 0.263 e. The van der Waals surface area contributed by atoms with Crippen molar-refractivity contribution in [2.45, 2.75) is 13.1 Å². The Morgan fingerprint density at radius 1 is 1.29 bits per heavy atom. The molecule has 1 amide bonds. The maximum absolute atomic E-state index is 12.1. The highest BCUT2D eigenvalue weighted by Crippen LogP contribution is 2.35. The average Bonchev–Trinajstić information content (AvgIpc) is 2.65. The molecule has 24 heavy (non-hydrogen) atoms. The number of ether oxygens (including phenoxy) is 1. The molecule has 0 aliphatic carbocycles. The Bertz CT molecular complexity index is 837. The highest BCUT2D eigenvalue weighted by molar-refractivity contribution is 6.39. The van der Waals surface area contributed by atoms with Gasteiger partial charge in [0.15, 0.2) is 6.17 Å². The number of benzodiazepines with no additional fused rings is 1. The van der Waals surface area contributed by atoms with Gasteiger partial charge in [-0.1, -0.05) is 41.4 Å². The summed E-state index contributed by atoms with van der Waals surface area (Å²) in [6, 6.07) is 10.6. The number of anilines is 1. The minimum Gasteiger partial charge on any atom is -0.493 e. The summed E-state index contributed by atoms with van der Waals surface area (Å²) in [6.07, 6.45) is -1.05. The highest BCUT2D eigenvalue weighted by Gasteiger charge is 2.26. The number of nitrogens with two attached hydrogens (primary N) is 1. The minimum absolute atomic E-state index is 0.376. The van der Waals surface area contributed by atoms with Crippen LogP contribution in [0.25, 0.3) is 0 Å². The summed E-state index contributed by atoms with van der Waals surface area (Å²) in [5.41, 5.74) is 8.25. The number of benzene rings is 2. The van der Waals surface area contributed by atoms with E-state index in [-0.39, 0.29) is 5.91 Å². The third kappa shape index (κ3) is 3.11. The lowest BCUT2D eigenvalue weighted by Crippen LogP contribution is -2.33. The maximum Gasteiger partial charge on any atom is 0.263 e. The van der Waals surface area contributed by atoms with Crippen LogP contribution < -0.4 is 15.8 Å². The molecule has 0 fully saturated rings. The second-order valence-electron chi connectivity index (χ2n) is 5.15. The van der Waals surface area contributed by atoms with Gasteiger partial charge in [0.05, 0.1) is 28.6 Å². The molecule has 2 aromatic carbocycles. The fraction of sp³-hybridized carbons (Fsp3) is 0.176. The Morgan fingerprint density at radius 3 is 2.79 bits per heavy atom. The van der Waals surface area contributed by atoms with Crippen molar-refractivity contribution < 1.29 is 9.53 Å². The van der Waals surface area contributed by atoms with Gasteiger partial charge >= 0.3 is 0 Å². The summed E-state index contributed by atoms with van der Waals surface area (Å²) in [4.78, 5) is 16.5. The normalized spacial score (nSPS) is 16.8. The predicted molar refractivity (Wildman–Crippen MR) is 96.3 cm³/mol. The lowest BCUT2D eigenvalue weighted by atomic mass is 9.99. The van der Waals surface area contributed by atoms with Gasteiger partial charge in [0, 0.05) is 10.6 Å². The third-order valence-corrected chi connectivity index (χ3v) is 4.05.